The summed E-state index contributed by atoms with van der Waals surface area (Å²) in [6, 6.07) is 14.5. The van der Waals surface area contributed by atoms with Gasteiger partial charge in [-0.05, 0) is 19.1 Å². The van der Waals surface area contributed by atoms with Crippen LogP contribution in [0.1, 0.15) is 5.56 Å². The zero-order valence-electron chi connectivity index (χ0n) is 11.0. The van der Waals surface area contributed by atoms with Gasteiger partial charge in [-0.15, -0.1) is 0 Å². The fourth-order valence-electron chi connectivity index (χ4n) is 2.30. The lowest BCUT2D eigenvalue weighted by molar-refractivity contribution is 0.631. The van der Waals surface area contributed by atoms with E-state index in [1.54, 1.807) is 18.2 Å². The van der Waals surface area contributed by atoms with Gasteiger partial charge < -0.3 is 5.73 Å². The lowest BCUT2D eigenvalue weighted by Gasteiger charge is -2.06. The lowest BCUT2D eigenvalue weighted by atomic mass is 9.99. The molecule has 0 unspecified atom stereocenters. The molecule has 3 N–H and O–H groups in total. The average molecular weight is 267 g/mol. The first-order chi connectivity index (χ1) is 9.66. The van der Waals surface area contributed by atoms with Crippen molar-refractivity contribution in [2.75, 3.05) is 5.73 Å². The van der Waals surface area contributed by atoms with Crippen molar-refractivity contribution in [3.8, 4) is 22.4 Å². The number of aromatic nitrogens is 2. The molecule has 20 heavy (non-hydrogen) atoms. The summed E-state index contributed by atoms with van der Waals surface area (Å²) < 4.78 is 14.0. The first-order valence-electron chi connectivity index (χ1n) is 6.32. The van der Waals surface area contributed by atoms with Gasteiger partial charge in [0.2, 0.25) is 0 Å². The van der Waals surface area contributed by atoms with E-state index in [0.717, 1.165) is 16.8 Å². The fourth-order valence-corrected chi connectivity index (χ4v) is 2.30. The van der Waals surface area contributed by atoms with Crippen molar-refractivity contribution in [1.82, 2.24) is 10.2 Å². The molecule has 0 amide bonds. The summed E-state index contributed by atoms with van der Waals surface area (Å²) in [5.74, 6) is -0.0129. The molecule has 3 rings (SSSR count). The Morgan fingerprint density at radius 2 is 1.90 bits per heavy atom. The smallest absolute Gasteiger partial charge is 0.153 e. The lowest BCUT2D eigenvalue weighted by Crippen LogP contribution is -1.91. The second-order valence-electron chi connectivity index (χ2n) is 4.71. The normalized spacial score (nSPS) is 10.7. The summed E-state index contributed by atoms with van der Waals surface area (Å²) in [4.78, 5) is 0. The number of nitrogen functional groups attached to an aromatic ring is 1. The zero-order valence-corrected chi connectivity index (χ0v) is 11.0. The maximum absolute atomic E-state index is 14.0. The van der Waals surface area contributed by atoms with Crippen molar-refractivity contribution in [3.63, 3.8) is 0 Å². The van der Waals surface area contributed by atoms with Crippen LogP contribution in [0.15, 0.2) is 48.5 Å². The van der Waals surface area contributed by atoms with Gasteiger partial charge in [-0.1, -0.05) is 42.0 Å². The molecule has 1 aromatic heterocycles. The third-order valence-electron chi connectivity index (χ3n) is 3.24. The first kappa shape index (κ1) is 12.4. The number of hydrogen-bond donors (Lipinski definition) is 2. The van der Waals surface area contributed by atoms with Gasteiger partial charge in [0.25, 0.3) is 0 Å². The van der Waals surface area contributed by atoms with E-state index in [0.29, 0.717) is 16.9 Å². The summed E-state index contributed by atoms with van der Waals surface area (Å²) in [5, 5.41) is 6.93. The highest BCUT2D eigenvalue weighted by Crippen LogP contribution is 2.36. The Kier molecular flexibility index (Phi) is 2.99. The second kappa shape index (κ2) is 4.81. The molecule has 0 radical (unpaired) electrons. The van der Waals surface area contributed by atoms with Gasteiger partial charge in [0.05, 0.1) is 11.3 Å². The van der Waals surface area contributed by atoms with E-state index in [2.05, 4.69) is 10.2 Å². The number of rotatable bonds is 2. The second-order valence-corrected chi connectivity index (χ2v) is 4.71. The molecule has 0 aliphatic rings. The number of hydrogen-bond acceptors (Lipinski definition) is 2. The molecule has 0 spiro atoms. The van der Waals surface area contributed by atoms with Crippen molar-refractivity contribution in [2.24, 2.45) is 0 Å². The summed E-state index contributed by atoms with van der Waals surface area (Å²) in [6.45, 7) is 2.01. The van der Waals surface area contributed by atoms with E-state index < -0.39 is 0 Å². The van der Waals surface area contributed by atoms with Crippen LogP contribution in [0.2, 0.25) is 0 Å². The monoisotopic (exact) mass is 267 g/mol. The molecule has 100 valence electrons. The highest BCUT2D eigenvalue weighted by atomic mass is 19.1. The van der Waals surface area contributed by atoms with Crippen molar-refractivity contribution in [2.45, 2.75) is 6.92 Å². The minimum Gasteiger partial charge on any atom is -0.382 e. The van der Waals surface area contributed by atoms with Gasteiger partial charge in [-0.2, -0.15) is 5.10 Å². The summed E-state index contributed by atoms with van der Waals surface area (Å²) >= 11 is 0. The Morgan fingerprint density at radius 1 is 1.10 bits per heavy atom. The molecular formula is C16H14FN3. The summed E-state index contributed by atoms with van der Waals surface area (Å²) in [7, 11) is 0. The van der Waals surface area contributed by atoms with Crippen molar-refractivity contribution < 1.29 is 4.39 Å². The van der Waals surface area contributed by atoms with E-state index >= 15 is 0 Å². The van der Waals surface area contributed by atoms with Crippen LogP contribution in [-0.2, 0) is 0 Å². The zero-order chi connectivity index (χ0) is 14.1. The van der Waals surface area contributed by atoms with Crippen LogP contribution in [-0.4, -0.2) is 10.2 Å². The quantitative estimate of drug-likeness (QED) is 0.742. The number of halogens is 1. The van der Waals surface area contributed by atoms with Gasteiger partial charge in [-0.3, -0.25) is 5.10 Å². The molecule has 0 aliphatic heterocycles. The largest absolute Gasteiger partial charge is 0.382 e. The Morgan fingerprint density at radius 3 is 2.65 bits per heavy atom. The highest BCUT2D eigenvalue weighted by molar-refractivity contribution is 5.88. The Hall–Kier alpha value is -2.62. The predicted octanol–water partition coefficient (Wildman–Crippen LogP) is 3.77. The third kappa shape index (κ3) is 2.05. The third-order valence-corrected chi connectivity index (χ3v) is 3.24. The van der Waals surface area contributed by atoms with Gasteiger partial charge in [0.1, 0.15) is 5.82 Å². The van der Waals surface area contributed by atoms with E-state index in [1.807, 2.05) is 31.2 Å². The van der Waals surface area contributed by atoms with E-state index in [4.69, 9.17) is 5.73 Å². The Balaban J connectivity index is 2.23. The molecule has 0 aliphatic carbocycles. The standard InChI is InChI=1S/C16H14FN3/c1-10-5-4-6-11(9-10)15-14(16(18)20-19-15)12-7-2-3-8-13(12)17/h2-9H,1H3,(H3,18,19,20). The molecule has 2 aromatic carbocycles. The summed E-state index contributed by atoms with van der Waals surface area (Å²) in [5.41, 5.74) is 9.76. The van der Waals surface area contributed by atoms with Gasteiger partial charge in [0.15, 0.2) is 5.82 Å². The number of aryl methyl sites for hydroxylation is 1. The number of nitrogens with one attached hydrogen (secondary N) is 1. The average Bonchev–Trinajstić information content (AvgIpc) is 2.81. The van der Waals surface area contributed by atoms with Crippen LogP contribution in [0, 0.1) is 12.7 Å². The topological polar surface area (TPSA) is 54.7 Å². The van der Waals surface area contributed by atoms with Crippen LogP contribution in [0.3, 0.4) is 0 Å². The molecule has 0 fully saturated rings. The van der Waals surface area contributed by atoms with Crippen LogP contribution >= 0.6 is 0 Å². The van der Waals surface area contributed by atoms with Gasteiger partial charge >= 0.3 is 0 Å². The van der Waals surface area contributed by atoms with Crippen molar-refractivity contribution >= 4 is 5.82 Å². The number of aromatic amines is 1. The SMILES string of the molecule is Cc1cccc(-c2[nH]nc(N)c2-c2ccccc2F)c1. The van der Waals surface area contributed by atoms with E-state index in [1.165, 1.54) is 6.07 Å². The maximum Gasteiger partial charge on any atom is 0.153 e. The number of nitrogens with zero attached hydrogens (tertiary/aromatic N) is 1. The number of benzene rings is 2. The van der Waals surface area contributed by atoms with Crippen molar-refractivity contribution in [3.05, 3.63) is 59.9 Å². The molecule has 0 saturated carbocycles. The Bertz CT molecular complexity index is 762. The molecule has 3 aromatic rings. The van der Waals surface area contributed by atoms with Crippen LogP contribution in [0.4, 0.5) is 10.2 Å². The van der Waals surface area contributed by atoms with Crippen LogP contribution < -0.4 is 5.73 Å². The molecule has 4 heteroatoms. The molecule has 3 nitrogen and oxygen atoms in total. The number of nitrogens with two attached hydrogens (primary N) is 1. The molecule has 0 atom stereocenters. The maximum atomic E-state index is 14.0. The van der Waals surface area contributed by atoms with Crippen LogP contribution in [0.25, 0.3) is 22.4 Å². The Labute approximate surface area is 116 Å². The van der Waals surface area contributed by atoms with E-state index in [9.17, 15) is 4.39 Å². The van der Waals surface area contributed by atoms with Crippen molar-refractivity contribution in [1.29, 1.82) is 0 Å². The van der Waals surface area contributed by atoms with Gasteiger partial charge in [0, 0.05) is 11.1 Å². The first-order valence-corrected chi connectivity index (χ1v) is 6.32. The molecule has 0 bridgehead atoms. The molecule has 1 heterocycles. The van der Waals surface area contributed by atoms with Gasteiger partial charge in [-0.25, -0.2) is 4.39 Å². The molecular weight excluding hydrogens is 253 g/mol. The number of anilines is 1. The summed E-state index contributed by atoms with van der Waals surface area (Å²) in [6.07, 6.45) is 0. The highest BCUT2D eigenvalue weighted by Gasteiger charge is 2.17. The molecule has 0 saturated heterocycles. The number of H-pyrrole nitrogens is 1. The fraction of sp³-hybridized carbons (Fsp3) is 0.0625. The van der Waals surface area contributed by atoms with E-state index in [-0.39, 0.29) is 5.82 Å². The predicted molar refractivity (Wildman–Crippen MR) is 78.6 cm³/mol. The minimum atomic E-state index is -0.311. The van der Waals surface area contributed by atoms with Crippen LogP contribution in [0.5, 0.6) is 0 Å². The minimum absolute atomic E-state index is 0.298.